The van der Waals surface area contributed by atoms with Crippen LogP contribution in [-0.2, 0) is 9.47 Å². The van der Waals surface area contributed by atoms with E-state index in [1.807, 2.05) is 0 Å². The van der Waals surface area contributed by atoms with Crippen molar-refractivity contribution in [1.82, 2.24) is 0 Å². The van der Waals surface area contributed by atoms with Crippen molar-refractivity contribution in [3.63, 3.8) is 0 Å². The van der Waals surface area contributed by atoms with Crippen molar-refractivity contribution in [1.29, 1.82) is 0 Å². The molecule has 130 valence electrons. The van der Waals surface area contributed by atoms with Gasteiger partial charge in [-0.3, -0.25) is 0 Å². The van der Waals surface area contributed by atoms with E-state index < -0.39 is 0 Å². The van der Waals surface area contributed by atoms with E-state index in [1.165, 1.54) is 25.7 Å². The van der Waals surface area contributed by atoms with Gasteiger partial charge in [0, 0.05) is 10.7 Å². The number of ether oxygens (including phenoxy) is 2. The van der Waals surface area contributed by atoms with Crippen LogP contribution in [0, 0.1) is 59.2 Å². The number of hydrogen-bond acceptors (Lipinski definition) is 2. The molecule has 0 radical (unpaired) electrons. The van der Waals surface area contributed by atoms with Crippen molar-refractivity contribution in [2.45, 2.75) is 49.1 Å². The van der Waals surface area contributed by atoms with Gasteiger partial charge in [0.1, 0.15) is 0 Å². The van der Waals surface area contributed by atoms with E-state index in [-0.39, 0.29) is 11.2 Å². The molecule has 0 spiro atoms. The van der Waals surface area contributed by atoms with Crippen molar-refractivity contribution in [3.05, 3.63) is 0 Å². The Hall–Kier alpha value is 0.880. The minimum absolute atomic E-state index is 0.195. The van der Waals surface area contributed by atoms with E-state index >= 15 is 0 Å². The smallest absolute Gasteiger partial charge is 0.0850 e. The van der Waals surface area contributed by atoms with Crippen LogP contribution in [0.5, 0.6) is 0 Å². The maximum atomic E-state index is 7.06. The van der Waals surface area contributed by atoms with E-state index in [1.54, 1.807) is 0 Å². The minimum Gasteiger partial charge on any atom is -0.370 e. The number of fused-ring (bicyclic) bond motifs is 4. The van der Waals surface area contributed by atoms with Gasteiger partial charge in [-0.15, -0.1) is 0 Å². The normalized spacial score (nSPS) is 77.2. The summed E-state index contributed by atoms with van der Waals surface area (Å²) in [6.07, 6.45) is 6.61. The molecule has 2 saturated heterocycles. The Morgan fingerprint density at radius 2 is 1.08 bits per heavy atom. The summed E-state index contributed by atoms with van der Waals surface area (Å²) < 4.78 is 14.1. The fraction of sp³-hybridized carbons (Fsp3) is 1.00. The molecule has 6 saturated carbocycles. The molecule has 0 aromatic carbocycles. The Balaban J connectivity index is 1.44. The first-order valence-electron chi connectivity index (χ1n) is 10.2. The van der Waals surface area contributed by atoms with Gasteiger partial charge in [-0.2, -0.15) is 0 Å². The molecule has 2 nitrogen and oxygen atoms in total. The van der Waals surface area contributed by atoms with Crippen LogP contribution in [0.25, 0.3) is 0 Å². The van der Waals surface area contributed by atoms with Gasteiger partial charge in [-0.25, -0.2) is 0 Å². The molecule has 14 atom stereocenters. The van der Waals surface area contributed by atoms with Gasteiger partial charge < -0.3 is 9.47 Å². The molecule has 8 fully saturated rings. The van der Waals surface area contributed by atoms with E-state index in [0.717, 1.165) is 69.8 Å². The number of halogens is 2. The minimum atomic E-state index is 0.195. The van der Waals surface area contributed by atoms with Gasteiger partial charge in [0.05, 0.1) is 23.4 Å². The molecule has 4 heteroatoms. The molecule has 8 aliphatic rings. The molecule has 2 aliphatic heterocycles. The Kier molecular flexibility index (Phi) is 2.25. The van der Waals surface area contributed by atoms with Crippen LogP contribution in [0.15, 0.2) is 0 Å². The Morgan fingerprint density at radius 3 is 1.50 bits per heavy atom. The molecule has 8 rings (SSSR count). The molecule has 24 heavy (non-hydrogen) atoms. The average Bonchev–Trinajstić information content (AvgIpc) is 3.36. The second-order valence-electron chi connectivity index (χ2n) is 10.4. The van der Waals surface area contributed by atoms with Gasteiger partial charge in [-0.05, 0) is 84.9 Å². The molecular weight excluding hydrogens is 432 g/mol. The van der Waals surface area contributed by atoms with Crippen LogP contribution in [0.1, 0.15) is 25.7 Å². The molecule has 0 aromatic heterocycles. The second kappa shape index (κ2) is 3.86. The predicted octanol–water partition coefficient (Wildman–Crippen LogP) is 3.86. The largest absolute Gasteiger partial charge is 0.370 e. The summed E-state index contributed by atoms with van der Waals surface area (Å²) >= 11 is 7.98. The van der Waals surface area contributed by atoms with Crippen LogP contribution in [-0.4, -0.2) is 34.1 Å². The maximum Gasteiger partial charge on any atom is 0.0850 e. The number of hydrogen-bond donors (Lipinski definition) is 0. The van der Waals surface area contributed by atoms with E-state index in [4.69, 9.17) is 9.47 Å². The van der Waals surface area contributed by atoms with E-state index in [2.05, 4.69) is 31.9 Å². The van der Waals surface area contributed by atoms with Crippen molar-refractivity contribution in [3.8, 4) is 0 Å². The van der Waals surface area contributed by atoms with Gasteiger partial charge in [0.2, 0.25) is 0 Å². The third-order valence-electron chi connectivity index (χ3n) is 10.7. The van der Waals surface area contributed by atoms with Crippen molar-refractivity contribution in [2.75, 3.05) is 10.7 Å². The van der Waals surface area contributed by atoms with Gasteiger partial charge in [-0.1, -0.05) is 31.9 Å². The standard InChI is InChI=1S/C20H24Br2O2/c21-5-19-15-7-1-3-9-11(7)17-13(15)14-16(20(17,6-22)23-9)8-2-4-10(24-19)12(8)18(14)19/h7-18H,1-6H2/t7-,8-,9-,10+,11+,12-,13-,14-,15+,16+,17-,18-,19-,20-/m1/s1. The zero-order valence-electron chi connectivity index (χ0n) is 13.7. The summed E-state index contributed by atoms with van der Waals surface area (Å²) in [7, 11) is 0. The van der Waals surface area contributed by atoms with Gasteiger partial charge in [0.25, 0.3) is 0 Å². The van der Waals surface area contributed by atoms with Crippen LogP contribution in [0.2, 0.25) is 0 Å². The number of alkyl halides is 2. The third kappa shape index (κ3) is 1.03. The van der Waals surface area contributed by atoms with Crippen LogP contribution in [0.4, 0.5) is 0 Å². The summed E-state index contributed by atoms with van der Waals surface area (Å²) in [4.78, 5) is 0. The molecule has 0 bridgehead atoms. The zero-order chi connectivity index (χ0) is 15.6. The van der Waals surface area contributed by atoms with Crippen LogP contribution in [0.3, 0.4) is 0 Å². The van der Waals surface area contributed by atoms with Crippen LogP contribution >= 0.6 is 31.9 Å². The highest BCUT2D eigenvalue weighted by Crippen LogP contribution is 2.86. The second-order valence-corrected chi connectivity index (χ2v) is 11.5. The van der Waals surface area contributed by atoms with Gasteiger partial charge >= 0.3 is 0 Å². The van der Waals surface area contributed by atoms with Crippen molar-refractivity contribution >= 4 is 31.9 Å². The molecule has 0 amide bonds. The predicted molar refractivity (Wildman–Crippen MR) is 96.2 cm³/mol. The molecule has 6 aliphatic carbocycles. The highest BCUT2D eigenvalue weighted by atomic mass is 79.9. The van der Waals surface area contributed by atoms with Gasteiger partial charge in [0.15, 0.2) is 0 Å². The summed E-state index contributed by atoms with van der Waals surface area (Å²) in [5.41, 5.74) is 0.390. The monoisotopic (exact) mass is 454 g/mol. The lowest BCUT2D eigenvalue weighted by atomic mass is 9.72. The highest BCUT2D eigenvalue weighted by Gasteiger charge is 2.89. The number of rotatable bonds is 2. The van der Waals surface area contributed by atoms with Crippen molar-refractivity contribution in [2.24, 2.45) is 59.2 Å². The summed E-state index contributed by atoms with van der Waals surface area (Å²) in [5.74, 6) is 8.72. The molecule has 0 N–H and O–H groups in total. The quantitative estimate of drug-likeness (QED) is 0.588. The molecule has 0 unspecified atom stereocenters. The maximum absolute atomic E-state index is 7.06. The summed E-state index contributed by atoms with van der Waals surface area (Å²) in [5, 5.41) is 2.19. The fourth-order valence-corrected chi connectivity index (χ4v) is 12.8. The highest BCUT2D eigenvalue weighted by molar-refractivity contribution is 9.09. The summed E-state index contributed by atoms with van der Waals surface area (Å²) in [6.45, 7) is 0. The lowest BCUT2D eigenvalue weighted by Gasteiger charge is -2.39. The average molecular weight is 456 g/mol. The summed E-state index contributed by atoms with van der Waals surface area (Å²) in [6, 6.07) is 0. The first kappa shape index (κ1) is 14.0. The zero-order valence-corrected chi connectivity index (χ0v) is 16.9. The third-order valence-corrected chi connectivity index (χ3v) is 12.4. The SMILES string of the molecule is BrC[C@]12O[C@@H]3CC[C@@H]4[C@@H]3[C@@H]1[C@@H]1[C@H]3[C@H]5[C@@H]6[C@@H](CC[C@@H]6O[C@]5(CBr)[C@@H]41)[C@@H]32. The Labute approximate surface area is 160 Å². The Morgan fingerprint density at radius 1 is 0.625 bits per heavy atom. The molecule has 0 aromatic rings. The van der Waals surface area contributed by atoms with Crippen LogP contribution < -0.4 is 0 Å². The van der Waals surface area contributed by atoms with E-state index in [9.17, 15) is 0 Å². The Bertz CT molecular complexity index is 614. The van der Waals surface area contributed by atoms with Crippen molar-refractivity contribution < 1.29 is 9.47 Å². The first-order valence-corrected chi connectivity index (χ1v) is 12.5. The fourth-order valence-electron chi connectivity index (χ4n) is 11.1. The first-order chi connectivity index (χ1) is 11.8. The lowest BCUT2D eigenvalue weighted by Crippen LogP contribution is -2.46. The van der Waals surface area contributed by atoms with E-state index in [0.29, 0.717) is 12.2 Å². The molecule has 2 heterocycles. The molecular formula is C20H24Br2O2. The topological polar surface area (TPSA) is 18.5 Å². The lowest BCUT2D eigenvalue weighted by molar-refractivity contribution is -0.105.